The average Bonchev–Trinajstić information content (AvgIpc) is 2.49. The zero-order valence-corrected chi connectivity index (χ0v) is 13.6. The standard InChI is InChI=1S/C16H22ClN3O/c1-20(2)13-6-4-12(5-7-13)19-15-9-16(21-3)11(10-18)8-14(15)17/h8-9,12-13,19H,4-7H2,1-3H3. The molecule has 1 aromatic carbocycles. The van der Waals surface area contributed by atoms with E-state index in [2.05, 4.69) is 30.4 Å². The Kier molecular flexibility index (Phi) is 5.33. The van der Waals surface area contributed by atoms with Gasteiger partial charge in [-0.3, -0.25) is 0 Å². The van der Waals surface area contributed by atoms with Crippen molar-refractivity contribution in [2.75, 3.05) is 26.5 Å². The van der Waals surface area contributed by atoms with E-state index in [0.717, 1.165) is 18.5 Å². The summed E-state index contributed by atoms with van der Waals surface area (Å²) >= 11 is 6.26. The van der Waals surface area contributed by atoms with Crippen LogP contribution in [0.3, 0.4) is 0 Å². The summed E-state index contributed by atoms with van der Waals surface area (Å²) < 4.78 is 5.24. The molecular formula is C16H22ClN3O. The molecule has 0 unspecified atom stereocenters. The number of hydrogen-bond acceptors (Lipinski definition) is 4. The molecule has 0 amide bonds. The topological polar surface area (TPSA) is 48.3 Å². The van der Waals surface area contributed by atoms with Crippen molar-refractivity contribution in [1.82, 2.24) is 4.90 Å². The summed E-state index contributed by atoms with van der Waals surface area (Å²) in [6.45, 7) is 0. The van der Waals surface area contributed by atoms with Crippen LogP contribution in [-0.2, 0) is 0 Å². The molecular weight excluding hydrogens is 286 g/mol. The number of nitrogens with one attached hydrogen (secondary N) is 1. The van der Waals surface area contributed by atoms with Gasteiger partial charge in [0, 0.05) is 18.2 Å². The van der Waals surface area contributed by atoms with E-state index in [4.69, 9.17) is 21.6 Å². The third-order valence-corrected chi connectivity index (χ3v) is 4.51. The first kappa shape index (κ1) is 15.9. The monoisotopic (exact) mass is 307 g/mol. The number of halogens is 1. The molecule has 1 aromatic rings. The highest BCUT2D eigenvalue weighted by atomic mass is 35.5. The minimum Gasteiger partial charge on any atom is -0.495 e. The molecule has 21 heavy (non-hydrogen) atoms. The molecule has 1 aliphatic rings. The molecule has 0 heterocycles. The van der Waals surface area contributed by atoms with Gasteiger partial charge in [0.25, 0.3) is 0 Å². The molecule has 0 bridgehead atoms. The molecule has 114 valence electrons. The molecule has 1 saturated carbocycles. The fraction of sp³-hybridized carbons (Fsp3) is 0.562. The van der Waals surface area contributed by atoms with Gasteiger partial charge in [0.15, 0.2) is 0 Å². The molecule has 1 aliphatic carbocycles. The maximum Gasteiger partial charge on any atom is 0.138 e. The average molecular weight is 308 g/mol. The molecule has 0 atom stereocenters. The summed E-state index contributed by atoms with van der Waals surface area (Å²) in [6.07, 6.45) is 4.63. The van der Waals surface area contributed by atoms with Gasteiger partial charge in [-0.2, -0.15) is 5.26 Å². The number of anilines is 1. The van der Waals surface area contributed by atoms with Crippen LogP contribution in [0.25, 0.3) is 0 Å². The van der Waals surface area contributed by atoms with Crippen molar-refractivity contribution in [2.45, 2.75) is 37.8 Å². The van der Waals surface area contributed by atoms with Crippen LogP contribution in [0, 0.1) is 11.3 Å². The van der Waals surface area contributed by atoms with Crippen LogP contribution in [-0.4, -0.2) is 38.2 Å². The first-order chi connectivity index (χ1) is 10.0. The first-order valence-electron chi connectivity index (χ1n) is 7.25. The molecule has 0 aliphatic heterocycles. The first-order valence-corrected chi connectivity index (χ1v) is 7.63. The van der Waals surface area contributed by atoms with Crippen LogP contribution < -0.4 is 10.1 Å². The van der Waals surface area contributed by atoms with Crippen molar-refractivity contribution in [3.8, 4) is 11.8 Å². The summed E-state index contributed by atoms with van der Waals surface area (Å²) in [5, 5.41) is 13.1. The van der Waals surface area contributed by atoms with E-state index in [-0.39, 0.29) is 0 Å². The van der Waals surface area contributed by atoms with Crippen molar-refractivity contribution in [3.05, 3.63) is 22.7 Å². The Balaban J connectivity index is 2.06. The zero-order valence-electron chi connectivity index (χ0n) is 12.8. The van der Waals surface area contributed by atoms with Crippen molar-refractivity contribution in [1.29, 1.82) is 5.26 Å². The lowest BCUT2D eigenvalue weighted by Crippen LogP contribution is -2.36. The van der Waals surface area contributed by atoms with Gasteiger partial charge in [-0.15, -0.1) is 0 Å². The number of ether oxygens (including phenoxy) is 1. The quantitative estimate of drug-likeness (QED) is 0.925. The third-order valence-electron chi connectivity index (χ3n) is 4.20. The molecule has 4 nitrogen and oxygen atoms in total. The van der Waals surface area contributed by atoms with Crippen LogP contribution in [0.15, 0.2) is 12.1 Å². The fourth-order valence-corrected chi connectivity index (χ4v) is 3.09. The van der Waals surface area contributed by atoms with Crippen LogP contribution >= 0.6 is 11.6 Å². The molecule has 1 N–H and O–H groups in total. The van der Waals surface area contributed by atoms with E-state index in [1.807, 2.05) is 6.07 Å². The highest BCUT2D eigenvalue weighted by Gasteiger charge is 2.23. The van der Waals surface area contributed by atoms with Gasteiger partial charge in [0.05, 0.1) is 23.4 Å². The minimum atomic E-state index is 0.427. The highest BCUT2D eigenvalue weighted by molar-refractivity contribution is 6.33. The number of methoxy groups -OCH3 is 1. The maximum atomic E-state index is 9.05. The molecule has 2 rings (SSSR count). The molecule has 0 radical (unpaired) electrons. The lowest BCUT2D eigenvalue weighted by Gasteiger charge is -2.33. The second-order valence-electron chi connectivity index (χ2n) is 5.76. The van der Waals surface area contributed by atoms with Crippen LogP contribution in [0.4, 0.5) is 5.69 Å². The van der Waals surface area contributed by atoms with Crippen LogP contribution in [0.5, 0.6) is 5.75 Å². The van der Waals surface area contributed by atoms with E-state index in [9.17, 15) is 0 Å². The zero-order chi connectivity index (χ0) is 15.4. The van der Waals surface area contributed by atoms with Crippen molar-refractivity contribution in [2.24, 2.45) is 0 Å². The molecule has 5 heteroatoms. The Morgan fingerprint density at radius 2 is 1.95 bits per heavy atom. The summed E-state index contributed by atoms with van der Waals surface area (Å²) in [7, 11) is 5.84. The van der Waals surface area contributed by atoms with Gasteiger partial charge >= 0.3 is 0 Å². The molecule has 0 spiro atoms. The van der Waals surface area contributed by atoms with E-state index in [1.165, 1.54) is 12.8 Å². The van der Waals surface area contributed by atoms with Crippen molar-refractivity contribution >= 4 is 17.3 Å². The second-order valence-corrected chi connectivity index (χ2v) is 6.16. The second kappa shape index (κ2) is 7.02. The van der Waals surface area contributed by atoms with Crippen molar-refractivity contribution in [3.63, 3.8) is 0 Å². The summed E-state index contributed by atoms with van der Waals surface area (Å²) in [4.78, 5) is 2.30. The molecule has 1 fully saturated rings. The van der Waals surface area contributed by atoms with E-state index >= 15 is 0 Å². The summed E-state index contributed by atoms with van der Waals surface area (Å²) in [6, 6.07) is 6.68. The molecule has 0 aromatic heterocycles. The van der Waals surface area contributed by atoms with E-state index in [0.29, 0.717) is 28.4 Å². The predicted octanol–water partition coefficient (Wildman–Crippen LogP) is 3.50. The van der Waals surface area contributed by atoms with Crippen molar-refractivity contribution < 1.29 is 4.74 Å². The van der Waals surface area contributed by atoms with E-state index in [1.54, 1.807) is 13.2 Å². The number of hydrogen-bond donors (Lipinski definition) is 1. The predicted molar refractivity (Wildman–Crippen MR) is 86.1 cm³/mol. The number of nitrogens with zero attached hydrogens (tertiary/aromatic N) is 2. The number of benzene rings is 1. The fourth-order valence-electron chi connectivity index (χ4n) is 2.88. The Labute approximate surface area is 131 Å². The number of nitriles is 1. The normalized spacial score (nSPS) is 21.9. The smallest absolute Gasteiger partial charge is 0.138 e. The van der Waals surface area contributed by atoms with Crippen LogP contribution in [0.2, 0.25) is 5.02 Å². The Morgan fingerprint density at radius 3 is 2.48 bits per heavy atom. The Hall–Kier alpha value is -1.44. The number of rotatable bonds is 4. The maximum absolute atomic E-state index is 9.05. The summed E-state index contributed by atoms with van der Waals surface area (Å²) in [5.74, 6) is 0.561. The van der Waals surface area contributed by atoms with Gasteiger partial charge in [-0.05, 0) is 45.8 Å². The van der Waals surface area contributed by atoms with Crippen LogP contribution in [0.1, 0.15) is 31.2 Å². The molecule has 0 saturated heterocycles. The summed E-state index contributed by atoms with van der Waals surface area (Å²) in [5.41, 5.74) is 1.31. The van der Waals surface area contributed by atoms with Gasteiger partial charge < -0.3 is 15.0 Å². The van der Waals surface area contributed by atoms with Gasteiger partial charge in [0.1, 0.15) is 11.8 Å². The lowest BCUT2D eigenvalue weighted by atomic mass is 9.90. The van der Waals surface area contributed by atoms with Gasteiger partial charge in [-0.25, -0.2) is 0 Å². The third kappa shape index (κ3) is 3.81. The van der Waals surface area contributed by atoms with E-state index < -0.39 is 0 Å². The largest absolute Gasteiger partial charge is 0.495 e. The lowest BCUT2D eigenvalue weighted by molar-refractivity contribution is 0.221. The SMILES string of the molecule is COc1cc(NC2CCC(N(C)C)CC2)c(Cl)cc1C#N. The Morgan fingerprint density at radius 1 is 1.29 bits per heavy atom. The highest BCUT2D eigenvalue weighted by Crippen LogP contribution is 2.33. The minimum absolute atomic E-state index is 0.427. The van der Waals surface area contributed by atoms with Gasteiger partial charge in [-0.1, -0.05) is 11.6 Å². The Bertz CT molecular complexity index is 531. The van der Waals surface area contributed by atoms with Gasteiger partial charge in [0.2, 0.25) is 0 Å².